The highest BCUT2D eigenvalue weighted by Crippen LogP contribution is 2.19. The highest BCUT2D eigenvalue weighted by molar-refractivity contribution is 5.75. The third kappa shape index (κ3) is 5.22. The average molecular weight is 383 g/mol. The van der Waals surface area contributed by atoms with E-state index in [9.17, 15) is 4.79 Å². The summed E-state index contributed by atoms with van der Waals surface area (Å²) < 4.78 is 1.95. The molecule has 28 heavy (non-hydrogen) atoms. The maximum Gasteiger partial charge on any atom is 0.242 e. The lowest BCUT2D eigenvalue weighted by Crippen LogP contribution is -2.43. The van der Waals surface area contributed by atoms with Crippen molar-refractivity contribution < 1.29 is 4.79 Å². The van der Waals surface area contributed by atoms with Gasteiger partial charge in [-0.05, 0) is 63.6 Å². The zero-order chi connectivity index (χ0) is 20.1. The number of imidazole rings is 1. The van der Waals surface area contributed by atoms with Crippen LogP contribution in [0.4, 0.5) is 0 Å². The highest BCUT2D eigenvalue weighted by atomic mass is 16.2. The Hall–Kier alpha value is -2.14. The molecule has 0 saturated carbocycles. The molecule has 0 radical (unpaired) electrons. The van der Waals surface area contributed by atoms with E-state index in [1.165, 1.54) is 30.5 Å². The molecule has 0 bridgehead atoms. The fraction of sp³-hybridized carbons (Fsp3) is 0.565. The van der Waals surface area contributed by atoms with Crippen molar-refractivity contribution in [3.8, 4) is 0 Å². The van der Waals surface area contributed by atoms with Crippen LogP contribution in [0, 0.1) is 26.7 Å². The van der Waals surface area contributed by atoms with Crippen LogP contribution in [0.2, 0.25) is 0 Å². The monoisotopic (exact) mass is 382 g/mol. The summed E-state index contributed by atoms with van der Waals surface area (Å²) in [4.78, 5) is 21.4. The number of aromatic nitrogens is 2. The normalized spacial score (nSPS) is 17.6. The summed E-state index contributed by atoms with van der Waals surface area (Å²) in [6.45, 7) is 10.8. The van der Waals surface area contributed by atoms with E-state index in [4.69, 9.17) is 0 Å². The summed E-state index contributed by atoms with van der Waals surface area (Å²) in [7, 11) is 1.94. The van der Waals surface area contributed by atoms with Crippen LogP contribution in [-0.4, -0.2) is 58.5 Å². The molecule has 1 aliphatic heterocycles. The number of benzene rings is 1. The zero-order valence-corrected chi connectivity index (χ0v) is 17.8. The van der Waals surface area contributed by atoms with Crippen molar-refractivity contribution in [2.75, 3.05) is 33.2 Å². The molecule has 1 aromatic heterocycles. The number of carbonyl (C=O) groups excluding carboxylic acids is 1. The zero-order valence-electron chi connectivity index (χ0n) is 17.8. The Labute approximate surface area is 169 Å². The van der Waals surface area contributed by atoms with E-state index in [0.29, 0.717) is 12.5 Å². The molecule has 1 amide bonds. The van der Waals surface area contributed by atoms with Gasteiger partial charge in [-0.25, -0.2) is 4.98 Å². The molecule has 1 atom stereocenters. The molecule has 3 rings (SSSR count). The Balaban J connectivity index is 1.48. The van der Waals surface area contributed by atoms with Crippen LogP contribution in [0.15, 0.2) is 30.6 Å². The number of carbonyl (C=O) groups is 1. The number of hydrogen-bond acceptors (Lipinski definition) is 3. The summed E-state index contributed by atoms with van der Waals surface area (Å²) in [5.74, 6) is 0.725. The smallest absolute Gasteiger partial charge is 0.242 e. The number of aryl methyl sites for hydroxylation is 2. The molecular formula is C23H34N4O. The van der Waals surface area contributed by atoms with Crippen molar-refractivity contribution in [1.29, 1.82) is 0 Å². The Morgan fingerprint density at radius 1 is 1.25 bits per heavy atom. The predicted octanol–water partition coefficient (Wildman–Crippen LogP) is 3.22. The lowest BCUT2D eigenvalue weighted by atomic mass is 9.96. The maximum atomic E-state index is 12.6. The Morgan fingerprint density at radius 3 is 2.75 bits per heavy atom. The van der Waals surface area contributed by atoms with Crippen LogP contribution in [-0.2, 0) is 17.8 Å². The standard InChI is InChI=1S/C23H34N4O/c1-18-8-5-6-10-22(18)11-13-26-12-7-9-21(15-26)14-25(4)23(28)16-27-17-24-19(2)20(27)3/h5-6,8,10,17,21H,7,9,11-16H2,1-4H3/t21-/m0/s1. The van der Waals surface area contributed by atoms with Gasteiger partial charge >= 0.3 is 0 Å². The van der Waals surface area contributed by atoms with E-state index < -0.39 is 0 Å². The molecule has 152 valence electrons. The number of likely N-dealkylation sites (tertiary alicyclic amines) is 1. The van der Waals surface area contributed by atoms with Crippen LogP contribution in [0.1, 0.15) is 35.4 Å². The number of likely N-dealkylation sites (N-methyl/N-ethyl adjacent to an activating group) is 1. The van der Waals surface area contributed by atoms with Crippen molar-refractivity contribution in [2.24, 2.45) is 5.92 Å². The molecule has 2 heterocycles. The molecule has 2 aromatic rings. The Morgan fingerprint density at radius 2 is 2.04 bits per heavy atom. The lowest BCUT2D eigenvalue weighted by Gasteiger charge is -2.35. The van der Waals surface area contributed by atoms with Crippen molar-refractivity contribution >= 4 is 5.91 Å². The van der Waals surface area contributed by atoms with Gasteiger partial charge in [0.05, 0.1) is 12.0 Å². The first-order valence-corrected chi connectivity index (χ1v) is 10.4. The van der Waals surface area contributed by atoms with Crippen LogP contribution in [0.5, 0.6) is 0 Å². The minimum Gasteiger partial charge on any atom is -0.344 e. The molecule has 0 unspecified atom stereocenters. The number of rotatable bonds is 7. The molecular weight excluding hydrogens is 348 g/mol. The molecule has 0 aliphatic carbocycles. The van der Waals surface area contributed by atoms with Crippen molar-refractivity contribution in [2.45, 2.75) is 46.6 Å². The number of amides is 1. The third-order valence-corrected chi connectivity index (χ3v) is 6.17. The summed E-state index contributed by atoms with van der Waals surface area (Å²) in [5.41, 5.74) is 4.89. The Kier molecular flexibility index (Phi) is 6.89. The first kappa shape index (κ1) is 20.6. The van der Waals surface area contributed by atoms with Gasteiger partial charge in [0.15, 0.2) is 0 Å². The number of hydrogen-bond donors (Lipinski definition) is 0. The Bertz CT molecular complexity index is 798. The largest absolute Gasteiger partial charge is 0.344 e. The molecule has 1 aromatic carbocycles. The SMILES string of the molecule is Cc1ccccc1CCN1CCC[C@@H](CN(C)C(=O)Cn2cnc(C)c2C)C1. The van der Waals surface area contributed by atoms with E-state index in [-0.39, 0.29) is 5.91 Å². The fourth-order valence-electron chi connectivity index (χ4n) is 4.13. The van der Waals surface area contributed by atoms with Gasteiger partial charge in [-0.3, -0.25) is 4.79 Å². The first-order valence-electron chi connectivity index (χ1n) is 10.4. The lowest BCUT2D eigenvalue weighted by molar-refractivity contribution is -0.131. The van der Waals surface area contributed by atoms with Crippen LogP contribution in [0.3, 0.4) is 0 Å². The van der Waals surface area contributed by atoms with Gasteiger partial charge in [0.1, 0.15) is 6.54 Å². The van der Waals surface area contributed by atoms with E-state index in [2.05, 4.69) is 41.1 Å². The van der Waals surface area contributed by atoms with Gasteiger partial charge in [0.25, 0.3) is 0 Å². The van der Waals surface area contributed by atoms with E-state index >= 15 is 0 Å². The average Bonchev–Trinajstić information content (AvgIpc) is 2.99. The highest BCUT2D eigenvalue weighted by Gasteiger charge is 2.23. The van der Waals surface area contributed by atoms with E-state index in [1.807, 2.05) is 30.4 Å². The topological polar surface area (TPSA) is 41.4 Å². The van der Waals surface area contributed by atoms with E-state index in [0.717, 1.165) is 37.4 Å². The van der Waals surface area contributed by atoms with Crippen LogP contribution in [0.25, 0.3) is 0 Å². The summed E-state index contributed by atoms with van der Waals surface area (Å²) in [6.07, 6.45) is 5.31. The van der Waals surface area contributed by atoms with Gasteiger partial charge in [0, 0.05) is 32.4 Å². The van der Waals surface area contributed by atoms with Crippen molar-refractivity contribution in [3.05, 3.63) is 53.1 Å². The predicted molar refractivity (Wildman–Crippen MR) is 113 cm³/mol. The molecule has 1 aliphatic rings. The minimum absolute atomic E-state index is 0.164. The molecule has 1 fully saturated rings. The fourth-order valence-corrected chi connectivity index (χ4v) is 4.13. The maximum absolute atomic E-state index is 12.6. The minimum atomic E-state index is 0.164. The number of piperidine rings is 1. The quantitative estimate of drug-likeness (QED) is 0.738. The molecule has 5 nitrogen and oxygen atoms in total. The van der Waals surface area contributed by atoms with Crippen LogP contribution >= 0.6 is 0 Å². The second-order valence-electron chi connectivity index (χ2n) is 8.30. The van der Waals surface area contributed by atoms with Crippen molar-refractivity contribution in [1.82, 2.24) is 19.4 Å². The second kappa shape index (κ2) is 9.37. The third-order valence-electron chi connectivity index (χ3n) is 6.17. The summed E-state index contributed by atoms with van der Waals surface area (Å²) in [6, 6.07) is 8.67. The molecule has 0 spiro atoms. The van der Waals surface area contributed by atoms with Gasteiger partial charge < -0.3 is 14.4 Å². The second-order valence-corrected chi connectivity index (χ2v) is 8.30. The first-order chi connectivity index (χ1) is 13.4. The molecule has 1 saturated heterocycles. The molecule has 0 N–H and O–H groups in total. The van der Waals surface area contributed by atoms with Crippen LogP contribution < -0.4 is 0 Å². The van der Waals surface area contributed by atoms with Crippen molar-refractivity contribution in [3.63, 3.8) is 0 Å². The summed E-state index contributed by atoms with van der Waals surface area (Å²) >= 11 is 0. The number of nitrogens with zero attached hydrogens (tertiary/aromatic N) is 4. The van der Waals surface area contributed by atoms with Gasteiger partial charge in [-0.1, -0.05) is 24.3 Å². The molecule has 5 heteroatoms. The summed E-state index contributed by atoms with van der Waals surface area (Å²) in [5, 5.41) is 0. The van der Waals surface area contributed by atoms with Gasteiger partial charge in [0.2, 0.25) is 5.91 Å². The van der Waals surface area contributed by atoms with E-state index in [1.54, 1.807) is 6.33 Å². The van der Waals surface area contributed by atoms with Gasteiger partial charge in [-0.15, -0.1) is 0 Å². The van der Waals surface area contributed by atoms with Gasteiger partial charge in [-0.2, -0.15) is 0 Å².